The van der Waals surface area contributed by atoms with Crippen LogP contribution in [0.15, 0.2) is 48.7 Å². The molecule has 26 heavy (non-hydrogen) atoms. The lowest BCUT2D eigenvalue weighted by molar-refractivity contribution is -0.134. The molecule has 2 aromatic heterocycles. The lowest BCUT2D eigenvalue weighted by Crippen LogP contribution is -2.41. The van der Waals surface area contributed by atoms with E-state index in [1.165, 1.54) is 4.80 Å². The van der Waals surface area contributed by atoms with Crippen molar-refractivity contribution in [2.24, 2.45) is 5.92 Å². The van der Waals surface area contributed by atoms with Crippen LogP contribution in [0.3, 0.4) is 0 Å². The average Bonchev–Trinajstić information content (AvgIpc) is 3.10. The normalized spacial score (nSPS) is 16.7. The minimum absolute atomic E-state index is 0.0103. The average molecular weight is 351 g/mol. The van der Waals surface area contributed by atoms with Crippen LogP contribution in [-0.2, 0) is 11.3 Å². The van der Waals surface area contributed by atoms with Crippen LogP contribution in [0.25, 0.3) is 11.0 Å². The molecule has 3 heterocycles. The number of likely N-dealkylation sites (tertiary alicyclic amines) is 1. The van der Waals surface area contributed by atoms with Crippen LogP contribution in [0.4, 0.5) is 0 Å². The lowest BCUT2D eigenvalue weighted by atomic mass is 9.89. The predicted octanol–water partition coefficient (Wildman–Crippen LogP) is 1.80. The first kappa shape index (κ1) is 16.7. The van der Waals surface area contributed by atoms with Crippen molar-refractivity contribution < 1.29 is 9.90 Å². The van der Waals surface area contributed by atoms with Crippen LogP contribution in [0.1, 0.15) is 24.6 Å². The number of hydrogen-bond donors (Lipinski definition) is 1. The summed E-state index contributed by atoms with van der Waals surface area (Å²) >= 11 is 0. The Morgan fingerprint density at radius 1 is 1.08 bits per heavy atom. The number of pyridine rings is 1. The van der Waals surface area contributed by atoms with E-state index in [0.29, 0.717) is 18.8 Å². The van der Waals surface area contributed by atoms with Gasteiger partial charge in [-0.25, -0.2) is 0 Å². The largest absolute Gasteiger partial charge is 0.387 e. The Kier molecular flexibility index (Phi) is 4.62. The number of nitrogens with zero attached hydrogens (tertiary/aromatic N) is 5. The number of fused-ring (bicyclic) bond motifs is 1. The summed E-state index contributed by atoms with van der Waals surface area (Å²) in [6, 6.07) is 13.1. The van der Waals surface area contributed by atoms with E-state index in [9.17, 15) is 9.90 Å². The van der Waals surface area contributed by atoms with Gasteiger partial charge in [-0.2, -0.15) is 15.0 Å². The zero-order valence-corrected chi connectivity index (χ0v) is 14.4. The molecule has 0 radical (unpaired) electrons. The van der Waals surface area contributed by atoms with Crippen LogP contribution in [0, 0.1) is 5.92 Å². The molecule has 1 saturated heterocycles. The molecular formula is C19H21N5O2. The quantitative estimate of drug-likeness (QED) is 0.775. The zero-order valence-electron chi connectivity index (χ0n) is 14.4. The Labute approximate surface area is 151 Å². The van der Waals surface area contributed by atoms with Gasteiger partial charge in [0.15, 0.2) is 0 Å². The number of benzene rings is 1. The summed E-state index contributed by atoms with van der Waals surface area (Å²) in [6.45, 7) is 1.41. The number of rotatable bonds is 4. The Bertz CT molecular complexity index is 854. The highest BCUT2D eigenvalue weighted by Gasteiger charge is 2.29. The van der Waals surface area contributed by atoms with E-state index in [0.717, 1.165) is 23.9 Å². The van der Waals surface area contributed by atoms with Gasteiger partial charge in [0.2, 0.25) is 5.91 Å². The van der Waals surface area contributed by atoms with Crippen molar-refractivity contribution >= 4 is 16.9 Å². The van der Waals surface area contributed by atoms with Crippen molar-refractivity contribution in [2.75, 3.05) is 13.1 Å². The predicted molar refractivity (Wildman–Crippen MR) is 96.0 cm³/mol. The maximum Gasteiger partial charge on any atom is 0.246 e. The number of aliphatic hydroxyl groups is 1. The number of hydrogen-bond acceptors (Lipinski definition) is 5. The highest BCUT2D eigenvalue weighted by molar-refractivity contribution is 5.77. The fraction of sp³-hybridized carbons (Fsp3) is 0.368. The molecule has 1 fully saturated rings. The van der Waals surface area contributed by atoms with Gasteiger partial charge in [0, 0.05) is 19.3 Å². The molecule has 1 aliphatic rings. The molecule has 0 spiro atoms. The molecule has 7 heteroatoms. The monoisotopic (exact) mass is 351 g/mol. The third-order valence-corrected chi connectivity index (χ3v) is 4.93. The zero-order chi connectivity index (χ0) is 17.9. The second-order valence-electron chi connectivity index (χ2n) is 6.64. The van der Waals surface area contributed by atoms with Gasteiger partial charge in [0.05, 0.1) is 11.8 Å². The van der Waals surface area contributed by atoms with E-state index in [-0.39, 0.29) is 18.4 Å². The van der Waals surface area contributed by atoms with Crippen molar-refractivity contribution in [1.82, 2.24) is 24.9 Å². The number of aliphatic hydroxyl groups excluding tert-OH is 1. The van der Waals surface area contributed by atoms with Gasteiger partial charge >= 0.3 is 0 Å². The molecule has 134 valence electrons. The highest BCUT2D eigenvalue weighted by Crippen LogP contribution is 2.29. The number of amides is 1. The van der Waals surface area contributed by atoms with E-state index in [1.807, 2.05) is 47.4 Å². The minimum atomic E-state index is -0.577. The Hall–Kier alpha value is -2.80. The first-order valence-corrected chi connectivity index (χ1v) is 8.87. The van der Waals surface area contributed by atoms with E-state index in [2.05, 4.69) is 15.2 Å². The van der Waals surface area contributed by atoms with Crippen molar-refractivity contribution in [3.8, 4) is 0 Å². The molecule has 0 bridgehead atoms. The molecule has 0 saturated carbocycles. The third-order valence-electron chi connectivity index (χ3n) is 4.93. The summed E-state index contributed by atoms with van der Waals surface area (Å²) in [5, 5.41) is 19.2. The van der Waals surface area contributed by atoms with Gasteiger partial charge in [0.1, 0.15) is 17.6 Å². The SMILES string of the molecule is O=C(Cn1nc2ccccc2n1)N1CCC([C@@H](O)c2ccccn2)CC1. The molecule has 0 unspecified atom stereocenters. The number of piperidine rings is 1. The van der Waals surface area contributed by atoms with Gasteiger partial charge in [0.25, 0.3) is 0 Å². The Morgan fingerprint density at radius 2 is 1.73 bits per heavy atom. The maximum absolute atomic E-state index is 12.5. The first-order chi connectivity index (χ1) is 12.7. The second-order valence-corrected chi connectivity index (χ2v) is 6.64. The Balaban J connectivity index is 1.34. The minimum Gasteiger partial charge on any atom is -0.387 e. The van der Waals surface area contributed by atoms with Crippen LogP contribution in [0.2, 0.25) is 0 Å². The van der Waals surface area contributed by atoms with E-state index >= 15 is 0 Å². The molecule has 1 aromatic carbocycles. The van der Waals surface area contributed by atoms with Crippen molar-refractivity contribution in [2.45, 2.75) is 25.5 Å². The molecule has 0 aliphatic carbocycles. The summed E-state index contributed by atoms with van der Waals surface area (Å²) < 4.78 is 0. The van der Waals surface area contributed by atoms with Crippen molar-refractivity contribution in [3.63, 3.8) is 0 Å². The number of carbonyl (C=O) groups is 1. The molecule has 7 nitrogen and oxygen atoms in total. The second kappa shape index (κ2) is 7.21. The summed E-state index contributed by atoms with van der Waals surface area (Å²) in [4.78, 5) is 20.1. The van der Waals surface area contributed by atoms with Crippen LogP contribution in [-0.4, -0.2) is 49.0 Å². The van der Waals surface area contributed by atoms with Gasteiger partial charge in [-0.1, -0.05) is 18.2 Å². The standard InChI is InChI=1S/C19H21N5O2/c25-18(13-24-21-15-5-1-2-6-16(15)22-24)23-11-8-14(9-12-23)19(26)17-7-3-4-10-20-17/h1-7,10,14,19,26H,8-9,11-13H2/t19-/m1/s1. The molecule has 1 amide bonds. The maximum atomic E-state index is 12.5. The van der Waals surface area contributed by atoms with E-state index in [4.69, 9.17) is 0 Å². The fourth-order valence-corrected chi connectivity index (χ4v) is 3.45. The summed E-state index contributed by atoms with van der Waals surface area (Å²) in [7, 11) is 0. The summed E-state index contributed by atoms with van der Waals surface area (Å²) in [6.07, 6.45) is 2.64. The summed E-state index contributed by atoms with van der Waals surface area (Å²) in [5.74, 6) is 0.135. The molecule has 3 aromatic rings. The van der Waals surface area contributed by atoms with Crippen LogP contribution >= 0.6 is 0 Å². The van der Waals surface area contributed by atoms with Crippen molar-refractivity contribution in [3.05, 3.63) is 54.4 Å². The molecule has 1 N–H and O–H groups in total. The lowest BCUT2D eigenvalue weighted by Gasteiger charge is -2.34. The summed E-state index contributed by atoms with van der Waals surface area (Å²) in [5.41, 5.74) is 2.28. The number of carbonyl (C=O) groups excluding carboxylic acids is 1. The van der Waals surface area contributed by atoms with E-state index < -0.39 is 6.10 Å². The van der Waals surface area contributed by atoms with Crippen LogP contribution in [0.5, 0.6) is 0 Å². The third kappa shape index (κ3) is 3.43. The van der Waals surface area contributed by atoms with Gasteiger partial charge in [-0.3, -0.25) is 9.78 Å². The van der Waals surface area contributed by atoms with E-state index in [1.54, 1.807) is 6.20 Å². The molecule has 1 atom stereocenters. The Morgan fingerprint density at radius 3 is 2.35 bits per heavy atom. The molecule has 4 rings (SSSR count). The van der Waals surface area contributed by atoms with Gasteiger partial charge < -0.3 is 10.0 Å². The van der Waals surface area contributed by atoms with Gasteiger partial charge in [-0.15, -0.1) is 0 Å². The highest BCUT2D eigenvalue weighted by atomic mass is 16.3. The smallest absolute Gasteiger partial charge is 0.246 e. The first-order valence-electron chi connectivity index (χ1n) is 8.87. The number of aromatic nitrogens is 4. The molecule has 1 aliphatic heterocycles. The fourth-order valence-electron chi connectivity index (χ4n) is 3.45. The topological polar surface area (TPSA) is 84.1 Å². The van der Waals surface area contributed by atoms with Crippen LogP contribution < -0.4 is 0 Å². The van der Waals surface area contributed by atoms with Crippen molar-refractivity contribution in [1.29, 1.82) is 0 Å². The molecular weight excluding hydrogens is 330 g/mol. The van der Waals surface area contributed by atoms with Gasteiger partial charge in [-0.05, 0) is 43.0 Å².